The second-order valence-electron chi connectivity index (χ2n) is 8.02. The Labute approximate surface area is 175 Å². The van der Waals surface area contributed by atoms with Gasteiger partial charge in [0.1, 0.15) is 0 Å². The standard InChI is InChI=1S/C20H22F3N7O/c1-2-28-7-9-29(10-8-28)19-24-17-16(18(31)25-19)26-30(27-17)15-6-5-13(12-3-4-12)11-14(15)20(21,22)23/h5-6,11-12H,2-4,7-10H2,1H3,(H,24,25,27,31). The highest BCUT2D eigenvalue weighted by Crippen LogP contribution is 2.43. The minimum absolute atomic E-state index is 0.0241. The number of anilines is 1. The fraction of sp³-hybridized carbons (Fsp3) is 0.500. The molecular weight excluding hydrogens is 411 g/mol. The van der Waals surface area contributed by atoms with E-state index in [0.29, 0.717) is 24.6 Å². The first kappa shape index (κ1) is 20.0. The number of benzene rings is 1. The molecular formula is C20H22F3N7O. The van der Waals surface area contributed by atoms with Gasteiger partial charge in [0.05, 0.1) is 11.3 Å². The average molecular weight is 433 g/mol. The summed E-state index contributed by atoms with van der Waals surface area (Å²) >= 11 is 0. The second-order valence-corrected chi connectivity index (χ2v) is 8.02. The first-order valence-corrected chi connectivity index (χ1v) is 10.4. The molecule has 0 atom stereocenters. The molecule has 1 aliphatic heterocycles. The van der Waals surface area contributed by atoms with E-state index < -0.39 is 17.3 Å². The molecule has 0 radical (unpaired) electrons. The summed E-state index contributed by atoms with van der Waals surface area (Å²) in [5, 5.41) is 8.16. The van der Waals surface area contributed by atoms with E-state index in [2.05, 4.69) is 32.0 Å². The number of likely N-dealkylation sites (N-methyl/N-ethyl adjacent to an activating group) is 1. The van der Waals surface area contributed by atoms with Crippen molar-refractivity contribution in [3.8, 4) is 5.69 Å². The Morgan fingerprint density at radius 3 is 2.52 bits per heavy atom. The molecule has 11 heteroatoms. The van der Waals surface area contributed by atoms with Crippen LogP contribution in [0, 0.1) is 0 Å². The Morgan fingerprint density at radius 1 is 1.13 bits per heavy atom. The summed E-state index contributed by atoms with van der Waals surface area (Å²) in [6.45, 7) is 6.10. The van der Waals surface area contributed by atoms with Crippen molar-refractivity contribution in [3.05, 3.63) is 39.7 Å². The number of rotatable bonds is 4. The van der Waals surface area contributed by atoms with E-state index in [-0.39, 0.29) is 22.8 Å². The zero-order valence-corrected chi connectivity index (χ0v) is 17.0. The maximum Gasteiger partial charge on any atom is 0.418 e. The van der Waals surface area contributed by atoms with Crippen molar-refractivity contribution >= 4 is 17.1 Å². The van der Waals surface area contributed by atoms with Crippen molar-refractivity contribution in [2.45, 2.75) is 31.9 Å². The van der Waals surface area contributed by atoms with Gasteiger partial charge in [-0.3, -0.25) is 9.78 Å². The van der Waals surface area contributed by atoms with E-state index in [1.807, 2.05) is 4.90 Å². The van der Waals surface area contributed by atoms with Gasteiger partial charge in [-0.1, -0.05) is 13.0 Å². The van der Waals surface area contributed by atoms with Crippen LogP contribution in [0.25, 0.3) is 16.9 Å². The zero-order valence-electron chi connectivity index (χ0n) is 17.0. The van der Waals surface area contributed by atoms with Gasteiger partial charge >= 0.3 is 6.18 Å². The van der Waals surface area contributed by atoms with E-state index in [1.54, 1.807) is 6.07 Å². The third kappa shape index (κ3) is 3.78. The van der Waals surface area contributed by atoms with Gasteiger partial charge in [0, 0.05) is 26.2 Å². The number of nitrogens with one attached hydrogen (secondary N) is 1. The minimum Gasteiger partial charge on any atom is -0.340 e. The van der Waals surface area contributed by atoms with Crippen LogP contribution < -0.4 is 10.5 Å². The van der Waals surface area contributed by atoms with Gasteiger partial charge in [-0.15, -0.1) is 15.0 Å². The predicted octanol–water partition coefficient (Wildman–Crippen LogP) is 2.54. The molecule has 0 spiro atoms. The van der Waals surface area contributed by atoms with Gasteiger partial charge in [0.2, 0.25) is 11.6 Å². The van der Waals surface area contributed by atoms with Crippen LogP contribution in [0.3, 0.4) is 0 Å². The van der Waals surface area contributed by atoms with Crippen LogP contribution in [0.2, 0.25) is 0 Å². The molecule has 8 nitrogen and oxygen atoms in total. The molecule has 164 valence electrons. The van der Waals surface area contributed by atoms with Crippen molar-refractivity contribution in [1.82, 2.24) is 29.9 Å². The van der Waals surface area contributed by atoms with Gasteiger partial charge in [-0.25, -0.2) is 0 Å². The predicted molar refractivity (Wildman–Crippen MR) is 109 cm³/mol. The van der Waals surface area contributed by atoms with Crippen LogP contribution in [-0.4, -0.2) is 62.6 Å². The Hall–Kier alpha value is -2.95. The third-order valence-electron chi connectivity index (χ3n) is 5.96. The molecule has 0 bridgehead atoms. The number of aromatic nitrogens is 5. The number of halogens is 3. The van der Waals surface area contributed by atoms with Crippen LogP contribution >= 0.6 is 0 Å². The van der Waals surface area contributed by atoms with E-state index in [0.717, 1.165) is 43.3 Å². The minimum atomic E-state index is -4.57. The number of H-pyrrole nitrogens is 1. The first-order valence-electron chi connectivity index (χ1n) is 10.4. The smallest absolute Gasteiger partial charge is 0.340 e. The fourth-order valence-corrected chi connectivity index (χ4v) is 3.97. The number of hydrogen-bond acceptors (Lipinski definition) is 6. The highest BCUT2D eigenvalue weighted by molar-refractivity contribution is 5.69. The van der Waals surface area contributed by atoms with Crippen LogP contribution in [0.1, 0.15) is 36.8 Å². The highest BCUT2D eigenvalue weighted by atomic mass is 19.4. The number of nitrogens with zero attached hydrogens (tertiary/aromatic N) is 6. The van der Waals surface area contributed by atoms with Crippen LogP contribution in [0.5, 0.6) is 0 Å². The van der Waals surface area contributed by atoms with Crippen LogP contribution in [0.4, 0.5) is 19.1 Å². The van der Waals surface area contributed by atoms with Crippen molar-refractivity contribution in [2.75, 3.05) is 37.6 Å². The van der Waals surface area contributed by atoms with Crippen molar-refractivity contribution < 1.29 is 13.2 Å². The molecule has 3 aromatic rings. The van der Waals surface area contributed by atoms with Gasteiger partial charge < -0.3 is 9.80 Å². The molecule has 5 rings (SSSR count). The Bertz CT molecular complexity index is 1170. The number of aromatic amines is 1. The SMILES string of the molecule is CCN1CCN(c2nc3nn(-c4ccc(C5CC5)cc4C(F)(F)F)nc3c(=O)[nH]2)CC1. The lowest BCUT2D eigenvalue weighted by Gasteiger charge is -2.34. The normalized spacial score (nSPS) is 18.1. The summed E-state index contributed by atoms with van der Waals surface area (Å²) < 4.78 is 41.2. The topological polar surface area (TPSA) is 82.9 Å². The van der Waals surface area contributed by atoms with Gasteiger partial charge in [-0.2, -0.15) is 18.2 Å². The number of hydrogen-bond donors (Lipinski definition) is 1. The number of fused-ring (bicyclic) bond motifs is 1. The Balaban J connectivity index is 1.53. The molecule has 2 aromatic heterocycles. The van der Waals surface area contributed by atoms with E-state index >= 15 is 0 Å². The molecule has 31 heavy (non-hydrogen) atoms. The molecule has 3 heterocycles. The van der Waals surface area contributed by atoms with Crippen LogP contribution in [0.15, 0.2) is 23.0 Å². The maximum absolute atomic E-state index is 13.7. The maximum atomic E-state index is 13.7. The summed E-state index contributed by atoms with van der Waals surface area (Å²) in [5.41, 5.74) is -0.951. The number of piperazine rings is 1. The lowest BCUT2D eigenvalue weighted by Crippen LogP contribution is -2.47. The molecule has 1 aliphatic carbocycles. The van der Waals surface area contributed by atoms with Gasteiger partial charge in [-0.05, 0) is 43.0 Å². The molecule has 1 N–H and O–H groups in total. The highest BCUT2D eigenvalue weighted by Gasteiger charge is 2.36. The summed E-state index contributed by atoms with van der Waals surface area (Å²) in [7, 11) is 0. The molecule has 0 amide bonds. The van der Waals surface area contributed by atoms with Gasteiger partial charge in [0.25, 0.3) is 5.56 Å². The van der Waals surface area contributed by atoms with Crippen molar-refractivity contribution in [2.24, 2.45) is 0 Å². The Morgan fingerprint density at radius 2 is 1.87 bits per heavy atom. The summed E-state index contributed by atoms with van der Waals surface area (Å²) in [6, 6.07) is 4.21. The molecule has 0 unspecified atom stereocenters. The largest absolute Gasteiger partial charge is 0.418 e. The van der Waals surface area contributed by atoms with E-state index in [4.69, 9.17) is 0 Å². The second kappa shape index (κ2) is 7.33. The van der Waals surface area contributed by atoms with E-state index in [1.165, 1.54) is 6.07 Å². The summed E-state index contributed by atoms with van der Waals surface area (Å²) in [6.07, 6.45) is -2.77. The zero-order chi connectivity index (χ0) is 21.8. The molecule has 1 saturated heterocycles. The quantitative estimate of drug-likeness (QED) is 0.681. The summed E-state index contributed by atoms with van der Waals surface area (Å²) in [5.74, 6) is 0.542. The van der Waals surface area contributed by atoms with Crippen molar-refractivity contribution in [3.63, 3.8) is 0 Å². The first-order chi connectivity index (χ1) is 14.8. The van der Waals surface area contributed by atoms with Crippen molar-refractivity contribution in [1.29, 1.82) is 0 Å². The molecule has 2 fully saturated rings. The molecule has 1 aromatic carbocycles. The molecule has 2 aliphatic rings. The third-order valence-corrected chi connectivity index (χ3v) is 5.96. The Kier molecular flexibility index (Phi) is 4.72. The van der Waals surface area contributed by atoms with Crippen LogP contribution in [-0.2, 0) is 6.18 Å². The van der Waals surface area contributed by atoms with Gasteiger partial charge in [0.15, 0.2) is 5.52 Å². The number of alkyl halides is 3. The molecule has 1 saturated carbocycles. The average Bonchev–Trinajstić information content (AvgIpc) is 3.51. The lowest BCUT2D eigenvalue weighted by molar-refractivity contribution is -0.137. The van der Waals surface area contributed by atoms with E-state index in [9.17, 15) is 18.0 Å². The lowest BCUT2D eigenvalue weighted by atomic mass is 10.0. The summed E-state index contributed by atoms with van der Waals surface area (Å²) in [4.78, 5) is 24.7. The fourth-order valence-electron chi connectivity index (χ4n) is 3.97. The monoisotopic (exact) mass is 433 g/mol.